The zero-order valence-corrected chi connectivity index (χ0v) is 20.4. The van der Waals surface area contributed by atoms with Crippen LogP contribution in [-0.2, 0) is 0 Å². The third kappa shape index (κ3) is 3.90. The minimum atomic E-state index is -1.45. The molecule has 0 radical (unpaired) electrons. The molecule has 0 saturated heterocycles. The highest BCUT2D eigenvalue weighted by Crippen LogP contribution is 2.49. The fourth-order valence-corrected chi connectivity index (χ4v) is 5.04. The fourth-order valence-electron chi connectivity index (χ4n) is 5.04. The smallest absolute Gasteiger partial charge is 0.201 e. The highest BCUT2D eigenvalue weighted by molar-refractivity contribution is 6.08. The maximum Gasteiger partial charge on any atom is 0.201 e. The molecule has 1 aliphatic heterocycles. The third-order valence-corrected chi connectivity index (χ3v) is 6.81. The number of hydrogen-bond donors (Lipinski definition) is 6. The van der Waals surface area contributed by atoms with Gasteiger partial charge in [0, 0.05) is 29.8 Å². The Morgan fingerprint density at radius 3 is 1.93 bits per heavy atom. The minimum absolute atomic E-state index is 0.0575. The summed E-state index contributed by atoms with van der Waals surface area (Å²) < 4.78 is 12.2. The first-order chi connectivity index (χ1) is 19.1. The molecule has 0 amide bonds. The van der Waals surface area contributed by atoms with E-state index in [1.807, 2.05) is 0 Å². The number of Topliss-reactive ketones (excluding diaryl/α,β-unsaturated/α-hetero) is 1. The highest BCUT2D eigenvalue weighted by atomic mass is 16.5. The van der Waals surface area contributed by atoms with E-state index < -0.39 is 34.7 Å². The van der Waals surface area contributed by atoms with E-state index in [1.54, 1.807) is 0 Å². The van der Waals surface area contributed by atoms with Gasteiger partial charge in [-0.15, -0.1) is 0 Å². The largest absolute Gasteiger partial charge is 0.508 e. The standard InChI is InChI=1S/C30H20O10/c31-15-5-1-13(2-6-15)29-25(27(37)23-19(35)9-17(33)11-21(23)39-29)26-28(38)24-20(36)10-18(34)12-22(24)40-30(26)14-3-7-16(32)8-4-14/h1-12,25,29,31-36H. The van der Waals surface area contributed by atoms with Gasteiger partial charge < -0.3 is 39.8 Å². The summed E-state index contributed by atoms with van der Waals surface area (Å²) in [6, 6.07) is 15.6. The van der Waals surface area contributed by atoms with Crippen LogP contribution in [0.25, 0.3) is 22.3 Å². The van der Waals surface area contributed by atoms with E-state index in [1.165, 1.54) is 48.5 Å². The Bertz CT molecular complexity index is 1870. The van der Waals surface area contributed by atoms with Crippen molar-refractivity contribution in [2.75, 3.05) is 0 Å². The summed E-state index contributed by atoms with van der Waals surface area (Å²) in [6.07, 6.45) is -1.21. The van der Waals surface area contributed by atoms with Crippen LogP contribution in [0.4, 0.5) is 0 Å². The van der Waals surface area contributed by atoms with Crippen molar-refractivity contribution in [2.45, 2.75) is 12.0 Å². The van der Waals surface area contributed by atoms with Crippen molar-refractivity contribution >= 4 is 16.8 Å². The van der Waals surface area contributed by atoms with Gasteiger partial charge >= 0.3 is 0 Å². The summed E-state index contributed by atoms with van der Waals surface area (Å²) in [7, 11) is 0. The lowest BCUT2D eigenvalue weighted by Crippen LogP contribution is -2.33. The summed E-state index contributed by atoms with van der Waals surface area (Å²) in [5, 5.41) is 60.7. The molecule has 5 aromatic rings. The zero-order chi connectivity index (χ0) is 28.3. The molecule has 4 aromatic carbocycles. The molecule has 0 saturated carbocycles. The van der Waals surface area contributed by atoms with E-state index in [0.29, 0.717) is 5.56 Å². The van der Waals surface area contributed by atoms with E-state index in [9.17, 15) is 40.2 Å². The number of carbonyl (C=O) groups excluding carboxylic acids is 1. The van der Waals surface area contributed by atoms with Gasteiger partial charge in [-0.25, -0.2) is 0 Å². The molecule has 2 unspecified atom stereocenters. The van der Waals surface area contributed by atoms with Crippen LogP contribution in [0.15, 0.2) is 82.0 Å². The molecule has 200 valence electrons. The Morgan fingerprint density at radius 2 is 1.25 bits per heavy atom. The summed E-state index contributed by atoms with van der Waals surface area (Å²) in [4.78, 5) is 28.3. The van der Waals surface area contributed by atoms with Gasteiger partial charge in [0.15, 0.2) is 5.78 Å². The molecular weight excluding hydrogens is 520 g/mol. The summed E-state index contributed by atoms with van der Waals surface area (Å²) in [5.41, 5.74) is -0.797. The Labute approximate surface area is 224 Å². The Morgan fingerprint density at radius 1 is 0.650 bits per heavy atom. The first kappa shape index (κ1) is 24.7. The average Bonchev–Trinajstić information content (AvgIpc) is 2.89. The zero-order valence-electron chi connectivity index (χ0n) is 20.4. The molecule has 0 fully saturated rings. The Hall–Kier alpha value is -5.64. The van der Waals surface area contributed by atoms with E-state index in [2.05, 4.69) is 0 Å². The molecule has 10 nitrogen and oxygen atoms in total. The van der Waals surface area contributed by atoms with Gasteiger partial charge in [0.2, 0.25) is 5.43 Å². The SMILES string of the molecule is O=C1c2c(O)cc(O)cc2OC(c2ccc(O)cc2)C1c1c(-c2ccc(O)cc2)oc2cc(O)cc(O)c2c1=O. The lowest BCUT2D eigenvalue weighted by Gasteiger charge is -2.33. The van der Waals surface area contributed by atoms with Crippen LogP contribution in [0, 0.1) is 0 Å². The fraction of sp³-hybridized carbons (Fsp3) is 0.0667. The predicted octanol–water partition coefficient (Wildman–Crippen LogP) is 4.79. The second-order valence-electron chi connectivity index (χ2n) is 9.37. The molecule has 2 heterocycles. The molecule has 0 aliphatic carbocycles. The molecule has 6 rings (SSSR count). The van der Waals surface area contributed by atoms with Crippen molar-refractivity contribution in [1.29, 1.82) is 0 Å². The van der Waals surface area contributed by atoms with Crippen molar-refractivity contribution < 1.29 is 44.6 Å². The van der Waals surface area contributed by atoms with Gasteiger partial charge in [0.25, 0.3) is 0 Å². The van der Waals surface area contributed by atoms with Crippen LogP contribution in [0.3, 0.4) is 0 Å². The van der Waals surface area contributed by atoms with Crippen LogP contribution in [0.2, 0.25) is 0 Å². The summed E-state index contributed by atoms with van der Waals surface area (Å²) in [6.45, 7) is 0. The van der Waals surface area contributed by atoms with Crippen molar-refractivity contribution in [1.82, 2.24) is 0 Å². The quantitative estimate of drug-likeness (QED) is 0.186. The van der Waals surface area contributed by atoms with Crippen molar-refractivity contribution in [2.24, 2.45) is 0 Å². The molecule has 10 heteroatoms. The average molecular weight is 540 g/mol. The first-order valence-corrected chi connectivity index (χ1v) is 12.0. The van der Waals surface area contributed by atoms with E-state index in [0.717, 1.165) is 24.3 Å². The van der Waals surface area contributed by atoms with Crippen molar-refractivity contribution in [3.63, 3.8) is 0 Å². The Balaban J connectivity index is 1.71. The van der Waals surface area contributed by atoms with Gasteiger partial charge in [-0.1, -0.05) is 12.1 Å². The minimum Gasteiger partial charge on any atom is -0.508 e. The lowest BCUT2D eigenvalue weighted by molar-refractivity contribution is 0.0773. The summed E-state index contributed by atoms with van der Waals surface area (Å²) >= 11 is 0. The van der Waals surface area contributed by atoms with E-state index >= 15 is 0 Å². The predicted molar refractivity (Wildman–Crippen MR) is 141 cm³/mol. The van der Waals surface area contributed by atoms with Gasteiger partial charge in [-0.3, -0.25) is 9.59 Å². The van der Waals surface area contributed by atoms with Gasteiger partial charge in [0.1, 0.15) is 68.6 Å². The highest BCUT2D eigenvalue weighted by Gasteiger charge is 2.44. The first-order valence-electron chi connectivity index (χ1n) is 12.0. The molecule has 2 atom stereocenters. The Kier molecular flexibility index (Phi) is 5.54. The van der Waals surface area contributed by atoms with Gasteiger partial charge in [-0.05, 0) is 42.0 Å². The number of rotatable bonds is 3. The molecular formula is C30H20O10. The van der Waals surface area contributed by atoms with Crippen LogP contribution in [0.1, 0.15) is 33.5 Å². The van der Waals surface area contributed by atoms with Crippen LogP contribution < -0.4 is 10.2 Å². The number of fused-ring (bicyclic) bond motifs is 2. The number of ether oxygens (including phenoxy) is 1. The van der Waals surface area contributed by atoms with E-state index in [4.69, 9.17) is 9.15 Å². The number of phenols is 6. The molecule has 0 bridgehead atoms. The molecule has 1 aromatic heterocycles. The van der Waals surface area contributed by atoms with Crippen LogP contribution in [0.5, 0.6) is 40.2 Å². The molecule has 6 N–H and O–H groups in total. The van der Waals surface area contributed by atoms with E-state index in [-0.39, 0.29) is 62.2 Å². The van der Waals surface area contributed by atoms with Gasteiger partial charge in [-0.2, -0.15) is 0 Å². The second-order valence-corrected chi connectivity index (χ2v) is 9.37. The topological polar surface area (TPSA) is 178 Å². The second kappa shape index (κ2) is 8.98. The van der Waals surface area contributed by atoms with Crippen molar-refractivity contribution in [3.05, 3.63) is 99.7 Å². The molecule has 1 aliphatic rings. The number of benzene rings is 4. The number of carbonyl (C=O) groups is 1. The van der Waals surface area contributed by atoms with Crippen molar-refractivity contribution in [3.8, 4) is 51.6 Å². The number of hydrogen-bond acceptors (Lipinski definition) is 10. The molecule has 0 spiro atoms. The monoisotopic (exact) mass is 540 g/mol. The lowest BCUT2D eigenvalue weighted by atomic mass is 9.79. The maximum atomic E-state index is 14.2. The van der Waals surface area contributed by atoms with Crippen LogP contribution in [-0.4, -0.2) is 36.4 Å². The van der Waals surface area contributed by atoms with Crippen LogP contribution >= 0.6 is 0 Å². The normalized spacial score (nSPS) is 16.4. The number of aromatic hydroxyl groups is 6. The van der Waals surface area contributed by atoms with Gasteiger partial charge in [0.05, 0.1) is 11.5 Å². The molecule has 40 heavy (non-hydrogen) atoms. The summed E-state index contributed by atoms with van der Waals surface area (Å²) in [5.74, 6) is -4.41. The third-order valence-electron chi connectivity index (χ3n) is 6.81. The maximum absolute atomic E-state index is 14.2. The number of ketones is 1. The number of phenolic OH excluding ortho intramolecular Hbond substituents is 6.